The summed E-state index contributed by atoms with van der Waals surface area (Å²) in [5.74, 6) is -0.0000786. The topological polar surface area (TPSA) is 35.6 Å². The highest BCUT2D eigenvalue weighted by atomic mass is 35.5. The van der Waals surface area contributed by atoms with Gasteiger partial charge in [0.1, 0.15) is 0 Å². The summed E-state index contributed by atoms with van der Waals surface area (Å²) in [5.41, 5.74) is 1.26. The average Bonchev–Trinajstić information content (AvgIpc) is 2.99. The number of hydrogen-bond acceptors (Lipinski definition) is 4. The third-order valence-electron chi connectivity index (χ3n) is 4.24. The summed E-state index contributed by atoms with van der Waals surface area (Å²) < 4.78 is 1.19. The molecule has 0 unspecified atom stereocenters. The molecule has 1 saturated heterocycles. The number of nitrogens with zero attached hydrogens (tertiary/aromatic N) is 2. The lowest BCUT2D eigenvalue weighted by atomic mass is 10.1. The van der Waals surface area contributed by atoms with Crippen LogP contribution in [0.3, 0.4) is 0 Å². The van der Waals surface area contributed by atoms with Gasteiger partial charge in [0.2, 0.25) is 0 Å². The van der Waals surface area contributed by atoms with Crippen molar-refractivity contribution in [2.75, 3.05) is 44.7 Å². The van der Waals surface area contributed by atoms with Gasteiger partial charge in [-0.2, -0.15) is 0 Å². The molecule has 0 saturated carbocycles. The Hall–Kier alpha value is -1.30. The van der Waals surface area contributed by atoms with Crippen LogP contribution in [0.4, 0.5) is 5.69 Å². The molecule has 1 amide bonds. The molecule has 6 heteroatoms. The summed E-state index contributed by atoms with van der Waals surface area (Å²) >= 11 is 1.57. The maximum absolute atomic E-state index is 11.9. The number of halogens is 1. The predicted octanol–water partition coefficient (Wildman–Crippen LogP) is 3.21. The number of amides is 1. The zero-order valence-corrected chi connectivity index (χ0v) is 15.3. The lowest BCUT2D eigenvalue weighted by Crippen LogP contribution is -2.46. The van der Waals surface area contributed by atoms with Crippen molar-refractivity contribution in [3.63, 3.8) is 0 Å². The lowest BCUT2D eigenvalue weighted by Gasteiger charge is -2.36. The highest BCUT2D eigenvalue weighted by molar-refractivity contribution is 7.20. The molecule has 0 spiro atoms. The van der Waals surface area contributed by atoms with Crippen LogP contribution in [0, 0.1) is 0 Å². The van der Waals surface area contributed by atoms with Crippen molar-refractivity contribution in [1.29, 1.82) is 0 Å². The van der Waals surface area contributed by atoms with Crippen LogP contribution in [0.25, 0.3) is 10.1 Å². The van der Waals surface area contributed by atoms with Gasteiger partial charge in [0, 0.05) is 49.0 Å². The number of rotatable bonds is 4. The Bertz CT molecular complexity index is 665. The van der Waals surface area contributed by atoms with Gasteiger partial charge < -0.3 is 10.2 Å². The highest BCUT2D eigenvalue weighted by Gasteiger charge is 2.19. The summed E-state index contributed by atoms with van der Waals surface area (Å²) in [6, 6.07) is 8.41. The second kappa shape index (κ2) is 7.99. The molecule has 2 heterocycles. The largest absolute Gasteiger partial charge is 0.368 e. The van der Waals surface area contributed by atoms with Crippen molar-refractivity contribution in [2.24, 2.45) is 0 Å². The van der Waals surface area contributed by atoms with Crippen LogP contribution in [0.1, 0.15) is 23.0 Å². The Morgan fingerprint density at radius 3 is 2.65 bits per heavy atom. The molecule has 0 bridgehead atoms. The number of carbonyl (C=O) groups is 1. The maximum Gasteiger partial charge on any atom is 0.261 e. The Labute approximate surface area is 147 Å². The van der Waals surface area contributed by atoms with Gasteiger partial charge in [-0.25, -0.2) is 0 Å². The molecule has 1 aromatic carbocycles. The average molecular weight is 354 g/mol. The van der Waals surface area contributed by atoms with E-state index in [4.69, 9.17) is 0 Å². The van der Waals surface area contributed by atoms with Crippen molar-refractivity contribution < 1.29 is 4.79 Å². The summed E-state index contributed by atoms with van der Waals surface area (Å²) in [4.78, 5) is 17.6. The first kappa shape index (κ1) is 18.0. The van der Waals surface area contributed by atoms with E-state index >= 15 is 0 Å². The molecule has 4 nitrogen and oxygen atoms in total. The van der Waals surface area contributed by atoms with E-state index in [2.05, 4.69) is 40.2 Å². The first-order valence-electron chi connectivity index (χ1n) is 7.95. The van der Waals surface area contributed by atoms with Crippen LogP contribution in [-0.4, -0.2) is 50.6 Å². The molecule has 1 fully saturated rings. The van der Waals surface area contributed by atoms with Gasteiger partial charge in [-0.1, -0.05) is 13.0 Å². The summed E-state index contributed by atoms with van der Waals surface area (Å²) in [6.45, 7) is 7.79. The number of anilines is 1. The van der Waals surface area contributed by atoms with Gasteiger partial charge in [0.15, 0.2) is 0 Å². The maximum atomic E-state index is 11.9. The zero-order chi connectivity index (χ0) is 15.5. The van der Waals surface area contributed by atoms with E-state index in [1.807, 2.05) is 6.07 Å². The monoisotopic (exact) mass is 353 g/mol. The summed E-state index contributed by atoms with van der Waals surface area (Å²) in [5, 5.41) is 3.92. The van der Waals surface area contributed by atoms with Gasteiger partial charge in [-0.3, -0.25) is 9.69 Å². The van der Waals surface area contributed by atoms with Crippen LogP contribution in [0.5, 0.6) is 0 Å². The van der Waals surface area contributed by atoms with Crippen molar-refractivity contribution in [3.05, 3.63) is 29.1 Å². The fourth-order valence-corrected chi connectivity index (χ4v) is 4.11. The van der Waals surface area contributed by atoms with E-state index in [9.17, 15) is 4.79 Å². The van der Waals surface area contributed by atoms with E-state index < -0.39 is 0 Å². The fraction of sp³-hybridized carbons (Fsp3) is 0.471. The molecule has 0 radical (unpaired) electrons. The van der Waals surface area contributed by atoms with E-state index in [0.29, 0.717) is 0 Å². The first-order valence-corrected chi connectivity index (χ1v) is 8.76. The van der Waals surface area contributed by atoms with E-state index in [-0.39, 0.29) is 18.3 Å². The van der Waals surface area contributed by atoms with Gasteiger partial charge in [0.25, 0.3) is 5.91 Å². The molecule has 23 heavy (non-hydrogen) atoms. The Balaban J connectivity index is 0.00000192. The zero-order valence-electron chi connectivity index (χ0n) is 13.7. The van der Waals surface area contributed by atoms with E-state index in [1.165, 1.54) is 28.7 Å². The molecule has 1 N–H and O–H groups in total. The molecular formula is C17H24ClN3OS. The quantitative estimate of drug-likeness (QED) is 0.916. The van der Waals surface area contributed by atoms with Crippen molar-refractivity contribution in [1.82, 2.24) is 10.2 Å². The van der Waals surface area contributed by atoms with Crippen molar-refractivity contribution in [2.45, 2.75) is 13.3 Å². The molecule has 1 aromatic heterocycles. The minimum Gasteiger partial charge on any atom is -0.368 e. The number of benzene rings is 1. The molecule has 0 aliphatic carbocycles. The number of carbonyl (C=O) groups excluding carboxylic acids is 1. The Morgan fingerprint density at radius 1 is 1.26 bits per heavy atom. The predicted molar refractivity (Wildman–Crippen MR) is 101 cm³/mol. The molecule has 1 aliphatic heterocycles. The summed E-state index contributed by atoms with van der Waals surface area (Å²) in [7, 11) is 1.68. The summed E-state index contributed by atoms with van der Waals surface area (Å²) in [6.07, 6.45) is 1.22. The second-order valence-corrected chi connectivity index (χ2v) is 6.79. The Morgan fingerprint density at radius 2 is 2.00 bits per heavy atom. The first-order chi connectivity index (χ1) is 10.7. The van der Waals surface area contributed by atoms with Crippen LogP contribution in [0.15, 0.2) is 24.3 Å². The van der Waals surface area contributed by atoms with Crippen LogP contribution < -0.4 is 10.2 Å². The molecule has 3 rings (SSSR count). The normalized spacial score (nSPS) is 15.5. The number of hydrogen-bond donors (Lipinski definition) is 1. The van der Waals surface area contributed by atoms with Crippen LogP contribution in [-0.2, 0) is 0 Å². The molecule has 126 valence electrons. The van der Waals surface area contributed by atoms with Gasteiger partial charge in [0.05, 0.1) is 4.88 Å². The number of fused-ring (bicyclic) bond motifs is 1. The van der Waals surface area contributed by atoms with Crippen LogP contribution in [0.2, 0.25) is 0 Å². The Kier molecular flexibility index (Phi) is 6.27. The fourth-order valence-electron chi connectivity index (χ4n) is 3.08. The van der Waals surface area contributed by atoms with Gasteiger partial charge >= 0.3 is 0 Å². The van der Waals surface area contributed by atoms with Gasteiger partial charge in [-0.05, 0) is 31.2 Å². The standard InChI is InChI=1S/C17H23N3OS.ClH/c1-3-7-19-8-10-20(11-9-19)14-5-4-6-15-13(14)12-16(22-15)17(21)18-2;/h4-6,12H,3,7-11H2,1-2H3,(H,18,21);1H. The number of piperazine rings is 1. The minimum atomic E-state index is -0.0000786. The minimum absolute atomic E-state index is 0. The van der Waals surface area contributed by atoms with Crippen molar-refractivity contribution in [3.8, 4) is 0 Å². The van der Waals surface area contributed by atoms with Gasteiger partial charge in [-0.15, -0.1) is 23.7 Å². The van der Waals surface area contributed by atoms with E-state index in [0.717, 1.165) is 31.1 Å². The SMILES string of the molecule is CCCN1CCN(c2cccc3sc(C(=O)NC)cc23)CC1.Cl. The number of thiophene rings is 1. The molecule has 1 aliphatic rings. The number of nitrogens with one attached hydrogen (secondary N) is 1. The molecule has 0 atom stereocenters. The lowest BCUT2D eigenvalue weighted by molar-refractivity contribution is 0.0967. The highest BCUT2D eigenvalue weighted by Crippen LogP contribution is 2.33. The smallest absolute Gasteiger partial charge is 0.261 e. The van der Waals surface area contributed by atoms with E-state index in [1.54, 1.807) is 18.4 Å². The third kappa shape index (κ3) is 3.79. The second-order valence-electron chi connectivity index (χ2n) is 5.71. The molecular weight excluding hydrogens is 330 g/mol. The van der Waals surface area contributed by atoms with Crippen LogP contribution >= 0.6 is 23.7 Å². The van der Waals surface area contributed by atoms with Crippen molar-refractivity contribution >= 4 is 45.4 Å². The molecule has 2 aromatic rings. The third-order valence-corrected chi connectivity index (χ3v) is 5.34.